The summed E-state index contributed by atoms with van der Waals surface area (Å²) in [6.45, 7) is 2.97. The van der Waals surface area contributed by atoms with Gasteiger partial charge in [0.15, 0.2) is 0 Å². The monoisotopic (exact) mass is 298 g/mol. The fraction of sp³-hybridized carbons (Fsp3) is 0.857. The maximum atomic E-state index is 12.2. The Balaban J connectivity index is 1.38. The molecule has 19 heavy (non-hydrogen) atoms. The third-order valence-corrected chi connectivity index (χ3v) is 6.86. The molecule has 0 aromatic carbocycles. The first-order valence-electron chi connectivity index (χ1n) is 7.42. The topological polar surface area (TPSA) is 32.7 Å². The minimum absolute atomic E-state index is 0.371. The Hall–Kier alpha value is -0.160. The summed E-state index contributed by atoms with van der Waals surface area (Å²) in [7, 11) is 0. The van der Waals surface area contributed by atoms with Crippen LogP contribution in [0.25, 0.3) is 0 Å². The van der Waals surface area contributed by atoms with E-state index in [1.165, 1.54) is 29.4 Å². The fourth-order valence-electron chi connectivity index (χ4n) is 2.83. The molecule has 0 N–H and O–H groups in total. The highest BCUT2D eigenvalue weighted by atomic mass is 32.2. The molecule has 1 aliphatic carbocycles. The largest absolute Gasteiger partial charge is 0.342 e. The van der Waals surface area contributed by atoms with Crippen molar-refractivity contribution in [3.05, 3.63) is 0 Å². The average molecular weight is 298 g/mol. The summed E-state index contributed by atoms with van der Waals surface area (Å²) in [6.07, 6.45) is 5.88. The molecule has 0 aromatic rings. The summed E-state index contributed by atoms with van der Waals surface area (Å²) < 4.78 is 1.29. The van der Waals surface area contributed by atoms with Crippen molar-refractivity contribution in [1.82, 2.24) is 4.90 Å². The molecule has 0 unspecified atom stereocenters. The zero-order valence-electron chi connectivity index (χ0n) is 11.3. The molecular weight excluding hydrogens is 276 g/mol. The third kappa shape index (κ3) is 3.48. The van der Waals surface area contributed by atoms with Crippen molar-refractivity contribution in [3.8, 4) is 0 Å². The minimum atomic E-state index is 0.371. The van der Waals surface area contributed by atoms with Gasteiger partial charge in [0.05, 0.1) is 6.54 Å². The van der Waals surface area contributed by atoms with Gasteiger partial charge in [0, 0.05) is 30.5 Å². The van der Waals surface area contributed by atoms with Crippen molar-refractivity contribution in [2.24, 2.45) is 16.8 Å². The standard InChI is InChI=1S/C14H22N2OS2/c17-13(12-2-1-3-12)16-7-4-11(5-8-16)10-19-14-15-6-9-18-14/h11-12H,1-10H2. The molecule has 2 aliphatic heterocycles. The van der Waals surface area contributed by atoms with Crippen LogP contribution in [0.4, 0.5) is 0 Å². The molecule has 3 aliphatic rings. The van der Waals surface area contributed by atoms with Gasteiger partial charge in [0.25, 0.3) is 0 Å². The smallest absolute Gasteiger partial charge is 0.225 e. The molecule has 0 aromatic heterocycles. The van der Waals surface area contributed by atoms with Crippen LogP contribution < -0.4 is 0 Å². The molecule has 0 radical (unpaired) electrons. The van der Waals surface area contributed by atoms with Crippen LogP contribution >= 0.6 is 23.5 Å². The van der Waals surface area contributed by atoms with E-state index in [4.69, 9.17) is 0 Å². The zero-order chi connectivity index (χ0) is 13.1. The fourth-order valence-corrected chi connectivity index (χ4v) is 5.05. The molecule has 1 amide bonds. The van der Waals surface area contributed by atoms with Gasteiger partial charge >= 0.3 is 0 Å². The third-order valence-electron chi connectivity index (χ3n) is 4.38. The van der Waals surface area contributed by atoms with E-state index < -0.39 is 0 Å². The highest BCUT2D eigenvalue weighted by Gasteiger charge is 2.31. The van der Waals surface area contributed by atoms with E-state index in [0.717, 1.165) is 44.1 Å². The molecule has 106 valence electrons. The highest BCUT2D eigenvalue weighted by Crippen LogP contribution is 2.31. The van der Waals surface area contributed by atoms with Crippen LogP contribution in [0.3, 0.4) is 0 Å². The van der Waals surface area contributed by atoms with E-state index in [9.17, 15) is 4.79 Å². The molecule has 2 heterocycles. The second-order valence-corrected chi connectivity index (χ2v) is 8.05. The Morgan fingerprint density at radius 1 is 1.32 bits per heavy atom. The Labute approximate surface area is 124 Å². The van der Waals surface area contributed by atoms with Gasteiger partial charge in [-0.2, -0.15) is 0 Å². The van der Waals surface area contributed by atoms with Crippen molar-refractivity contribution in [2.45, 2.75) is 32.1 Å². The number of hydrogen-bond donors (Lipinski definition) is 0. The Kier molecular flexibility index (Phi) is 4.74. The zero-order valence-corrected chi connectivity index (χ0v) is 13.0. The maximum absolute atomic E-state index is 12.2. The Bertz CT molecular complexity index is 360. The Morgan fingerprint density at radius 3 is 2.68 bits per heavy atom. The van der Waals surface area contributed by atoms with Gasteiger partial charge in [-0.05, 0) is 31.6 Å². The quantitative estimate of drug-likeness (QED) is 0.803. The lowest BCUT2D eigenvalue weighted by atomic mass is 9.83. The van der Waals surface area contributed by atoms with E-state index in [2.05, 4.69) is 9.89 Å². The number of aliphatic imine (C=N–C) groups is 1. The van der Waals surface area contributed by atoms with Gasteiger partial charge in [-0.1, -0.05) is 29.9 Å². The molecule has 3 nitrogen and oxygen atoms in total. The normalized spacial score (nSPS) is 25.3. The lowest BCUT2D eigenvalue weighted by Gasteiger charge is -2.36. The second-order valence-electron chi connectivity index (χ2n) is 5.70. The lowest BCUT2D eigenvalue weighted by Crippen LogP contribution is -2.43. The molecule has 3 rings (SSSR count). The predicted molar refractivity (Wildman–Crippen MR) is 83.9 cm³/mol. The van der Waals surface area contributed by atoms with Crippen molar-refractivity contribution >= 4 is 33.8 Å². The number of thioether (sulfide) groups is 2. The molecule has 0 bridgehead atoms. The number of nitrogens with zero attached hydrogens (tertiary/aromatic N) is 2. The number of rotatable bonds is 3. The number of hydrogen-bond acceptors (Lipinski definition) is 4. The first kappa shape index (κ1) is 13.8. The number of piperidine rings is 1. The van der Waals surface area contributed by atoms with Crippen molar-refractivity contribution in [2.75, 3.05) is 31.1 Å². The van der Waals surface area contributed by atoms with Gasteiger partial charge in [-0.15, -0.1) is 0 Å². The maximum Gasteiger partial charge on any atom is 0.225 e. The summed E-state index contributed by atoms with van der Waals surface area (Å²) in [4.78, 5) is 18.8. The Morgan fingerprint density at radius 2 is 2.11 bits per heavy atom. The summed E-state index contributed by atoms with van der Waals surface area (Å²) in [5.41, 5.74) is 0. The molecule has 5 heteroatoms. The van der Waals surface area contributed by atoms with Gasteiger partial charge in [0.2, 0.25) is 5.91 Å². The van der Waals surface area contributed by atoms with Crippen LogP contribution in [0, 0.1) is 11.8 Å². The first-order chi connectivity index (χ1) is 9.33. The number of amides is 1. The van der Waals surface area contributed by atoms with Crippen molar-refractivity contribution < 1.29 is 4.79 Å². The molecule has 2 fully saturated rings. The van der Waals surface area contributed by atoms with Crippen LogP contribution in [-0.4, -0.2) is 46.3 Å². The predicted octanol–water partition coefficient (Wildman–Crippen LogP) is 2.86. The van der Waals surface area contributed by atoms with E-state index >= 15 is 0 Å². The van der Waals surface area contributed by atoms with Crippen molar-refractivity contribution in [3.63, 3.8) is 0 Å². The number of likely N-dealkylation sites (tertiary alicyclic amines) is 1. The molecule has 1 saturated carbocycles. The van der Waals surface area contributed by atoms with E-state index in [-0.39, 0.29) is 0 Å². The minimum Gasteiger partial charge on any atom is -0.342 e. The summed E-state index contributed by atoms with van der Waals surface area (Å²) in [5, 5.41) is 0. The first-order valence-corrected chi connectivity index (χ1v) is 9.39. The average Bonchev–Trinajstić information content (AvgIpc) is 2.88. The highest BCUT2D eigenvalue weighted by molar-refractivity contribution is 8.39. The molecule has 0 atom stereocenters. The van der Waals surface area contributed by atoms with E-state index in [1.54, 1.807) is 0 Å². The summed E-state index contributed by atoms with van der Waals surface area (Å²) in [6, 6.07) is 0. The van der Waals surface area contributed by atoms with Crippen LogP contribution in [0.2, 0.25) is 0 Å². The SMILES string of the molecule is O=C(C1CCC1)N1CCC(CSC2=NCCS2)CC1. The van der Waals surface area contributed by atoms with Gasteiger partial charge in [0.1, 0.15) is 4.38 Å². The molecular formula is C14H22N2OS2. The van der Waals surface area contributed by atoms with Crippen LogP contribution in [-0.2, 0) is 4.79 Å². The molecule has 0 spiro atoms. The van der Waals surface area contributed by atoms with Gasteiger partial charge in [-0.3, -0.25) is 9.79 Å². The molecule has 1 saturated heterocycles. The van der Waals surface area contributed by atoms with E-state index in [0.29, 0.717) is 11.8 Å². The van der Waals surface area contributed by atoms with Crippen LogP contribution in [0.15, 0.2) is 4.99 Å². The summed E-state index contributed by atoms with van der Waals surface area (Å²) >= 11 is 3.83. The van der Waals surface area contributed by atoms with Crippen molar-refractivity contribution in [1.29, 1.82) is 0 Å². The second kappa shape index (κ2) is 6.53. The van der Waals surface area contributed by atoms with Crippen LogP contribution in [0.5, 0.6) is 0 Å². The lowest BCUT2D eigenvalue weighted by molar-refractivity contribution is -0.139. The number of carbonyl (C=O) groups excluding carboxylic acids is 1. The summed E-state index contributed by atoms with van der Waals surface area (Å²) in [5.74, 6) is 3.94. The van der Waals surface area contributed by atoms with Gasteiger partial charge < -0.3 is 4.90 Å². The van der Waals surface area contributed by atoms with E-state index in [1.807, 2.05) is 23.5 Å². The van der Waals surface area contributed by atoms with Gasteiger partial charge in [-0.25, -0.2) is 0 Å². The number of carbonyl (C=O) groups is 1. The van der Waals surface area contributed by atoms with Crippen LogP contribution in [0.1, 0.15) is 32.1 Å².